The van der Waals surface area contributed by atoms with Crippen LogP contribution >= 0.6 is 0 Å². The minimum atomic E-state index is -4.25. The fourth-order valence-electron chi connectivity index (χ4n) is 2.89. The van der Waals surface area contributed by atoms with E-state index in [1.165, 1.54) is 42.5 Å². The van der Waals surface area contributed by atoms with Crippen molar-refractivity contribution in [1.82, 2.24) is 4.72 Å². The maximum Gasteiger partial charge on any atom is 0.339 e. The van der Waals surface area contributed by atoms with Gasteiger partial charge in [-0.25, -0.2) is 13.1 Å². The predicted molar refractivity (Wildman–Crippen MR) is 122 cm³/mol. The summed E-state index contributed by atoms with van der Waals surface area (Å²) in [6, 6.07) is 16.9. The van der Waals surface area contributed by atoms with Crippen LogP contribution in [0.5, 0.6) is 5.75 Å². The highest BCUT2D eigenvalue weighted by molar-refractivity contribution is 7.89. The fourth-order valence-corrected chi connectivity index (χ4v) is 5.06. The molecule has 3 aromatic carbocycles. The summed E-state index contributed by atoms with van der Waals surface area (Å²) in [4.78, 5) is 12.4. The molecule has 7 nitrogen and oxygen atoms in total. The van der Waals surface area contributed by atoms with Crippen molar-refractivity contribution in [3.05, 3.63) is 99.7 Å². The van der Waals surface area contributed by atoms with Crippen molar-refractivity contribution in [2.75, 3.05) is 0 Å². The van der Waals surface area contributed by atoms with Crippen LogP contribution in [0.3, 0.4) is 0 Å². The second kappa shape index (κ2) is 9.23. The quantitative estimate of drug-likeness (QED) is 0.527. The van der Waals surface area contributed by atoms with Crippen molar-refractivity contribution >= 4 is 20.1 Å². The minimum absolute atomic E-state index is 0.0938. The molecule has 3 aromatic rings. The molecule has 32 heavy (non-hydrogen) atoms. The van der Waals surface area contributed by atoms with Crippen LogP contribution in [0.15, 0.2) is 87.4 Å². The third kappa shape index (κ3) is 5.61. The number of hydrogen-bond donors (Lipinski definition) is 1. The van der Waals surface area contributed by atoms with E-state index in [0.29, 0.717) is 5.56 Å². The Morgan fingerprint density at radius 3 is 1.88 bits per heavy atom. The molecule has 0 aliphatic heterocycles. The van der Waals surface area contributed by atoms with Crippen LogP contribution in [0.4, 0.5) is 0 Å². The van der Waals surface area contributed by atoms with Crippen LogP contribution < -0.4 is 14.3 Å². The van der Waals surface area contributed by atoms with Gasteiger partial charge in [0.1, 0.15) is 4.90 Å². The molecule has 0 amide bonds. The number of aryl methyl sites for hydroxylation is 2. The Hall–Kier alpha value is -3.01. The number of benzene rings is 2. The summed E-state index contributed by atoms with van der Waals surface area (Å²) < 4.78 is 58.3. The normalized spacial score (nSPS) is 12.8. The zero-order valence-electron chi connectivity index (χ0n) is 17.8. The maximum absolute atomic E-state index is 12.7. The van der Waals surface area contributed by atoms with Crippen LogP contribution in [0.1, 0.15) is 29.7 Å². The van der Waals surface area contributed by atoms with Crippen molar-refractivity contribution in [3.63, 3.8) is 0 Å². The van der Waals surface area contributed by atoms with E-state index in [2.05, 4.69) is 4.72 Å². The zero-order chi connectivity index (χ0) is 23.5. The summed E-state index contributed by atoms with van der Waals surface area (Å²) in [5.74, 6) is -0.424. The highest BCUT2D eigenvalue weighted by atomic mass is 32.2. The molecule has 0 saturated carbocycles. The third-order valence-corrected chi connectivity index (χ3v) is 7.55. The van der Waals surface area contributed by atoms with Gasteiger partial charge in [0.15, 0.2) is 5.75 Å². The Morgan fingerprint density at radius 1 is 0.781 bits per heavy atom. The molecule has 0 aliphatic rings. The van der Waals surface area contributed by atoms with E-state index < -0.39 is 37.4 Å². The highest BCUT2D eigenvalue weighted by Crippen LogP contribution is 2.21. The van der Waals surface area contributed by atoms with Crippen LogP contribution in [0.25, 0.3) is 0 Å². The monoisotopic (exact) mass is 473 g/mol. The van der Waals surface area contributed by atoms with Gasteiger partial charge >= 0.3 is 10.1 Å². The van der Waals surface area contributed by atoms with Gasteiger partial charge in [0.2, 0.25) is 15.5 Å². The maximum atomic E-state index is 12.7. The first-order valence-corrected chi connectivity index (χ1v) is 12.6. The first kappa shape index (κ1) is 23.6. The van der Waals surface area contributed by atoms with Gasteiger partial charge in [-0.3, -0.25) is 4.79 Å². The molecule has 1 atom stereocenters. The van der Waals surface area contributed by atoms with Gasteiger partial charge in [-0.15, -0.1) is 0 Å². The molecule has 0 aliphatic carbocycles. The van der Waals surface area contributed by atoms with Crippen LogP contribution in [-0.4, -0.2) is 16.8 Å². The molecule has 168 valence electrons. The van der Waals surface area contributed by atoms with Crippen molar-refractivity contribution in [1.29, 1.82) is 0 Å². The molecule has 0 saturated heterocycles. The molecule has 0 aromatic heterocycles. The van der Waals surface area contributed by atoms with Gasteiger partial charge in [0.25, 0.3) is 0 Å². The summed E-state index contributed by atoms with van der Waals surface area (Å²) in [7, 11) is -8.08. The van der Waals surface area contributed by atoms with E-state index >= 15 is 0 Å². The second-order valence-corrected chi connectivity index (χ2v) is 10.7. The van der Waals surface area contributed by atoms with Crippen LogP contribution in [0.2, 0.25) is 0 Å². The van der Waals surface area contributed by atoms with Crippen molar-refractivity contribution < 1.29 is 21.0 Å². The Kier molecular flexibility index (Phi) is 6.82. The van der Waals surface area contributed by atoms with Crippen LogP contribution in [0, 0.1) is 13.8 Å². The molecular weight excluding hydrogens is 450 g/mol. The average molecular weight is 474 g/mol. The largest absolute Gasteiger partial charge is 0.375 e. The second-order valence-electron chi connectivity index (χ2n) is 7.41. The topological polar surface area (TPSA) is 107 Å². The van der Waals surface area contributed by atoms with Crippen molar-refractivity contribution in [2.45, 2.75) is 36.6 Å². The fraction of sp³-hybridized carbons (Fsp3) is 0.174. The van der Waals surface area contributed by atoms with E-state index in [1.807, 2.05) is 13.8 Å². The Labute approximate surface area is 187 Å². The minimum Gasteiger partial charge on any atom is -0.375 e. The predicted octanol–water partition coefficient (Wildman–Crippen LogP) is 3.47. The summed E-state index contributed by atoms with van der Waals surface area (Å²) in [5, 5.41) is 0. The standard InChI is InChI=1S/C23H23NO6S2/c1-16-7-11-20(12-8-16)31(26,27)24-18(3)19-5-4-6-22(25)23(15-19)30-32(28,29)21-13-9-17(2)10-14-21/h4-15,18,24H,1-3H3. The van der Waals surface area contributed by atoms with Gasteiger partial charge in [-0.2, -0.15) is 8.42 Å². The van der Waals surface area contributed by atoms with E-state index in [1.54, 1.807) is 31.2 Å². The first-order chi connectivity index (χ1) is 15.0. The molecule has 0 radical (unpaired) electrons. The lowest BCUT2D eigenvalue weighted by molar-refractivity contribution is 0.483. The van der Waals surface area contributed by atoms with Crippen molar-refractivity contribution in [2.24, 2.45) is 0 Å². The SMILES string of the molecule is Cc1ccc(S(=O)(=O)NC(C)c2cccc(=O)c(OS(=O)(=O)c3ccc(C)cc3)c2)cc1. The zero-order valence-corrected chi connectivity index (χ0v) is 19.4. The molecule has 1 unspecified atom stereocenters. The smallest absolute Gasteiger partial charge is 0.339 e. The third-order valence-electron chi connectivity index (χ3n) is 4.75. The number of rotatable bonds is 7. The molecule has 0 fully saturated rings. The molecular formula is C23H23NO6S2. The molecule has 0 heterocycles. The van der Waals surface area contributed by atoms with Crippen molar-refractivity contribution in [3.8, 4) is 5.75 Å². The summed E-state index contributed by atoms with van der Waals surface area (Å²) in [6.45, 7) is 5.25. The van der Waals surface area contributed by atoms with Gasteiger partial charge in [0, 0.05) is 6.04 Å². The lowest BCUT2D eigenvalue weighted by atomic mass is 10.1. The summed E-state index contributed by atoms with van der Waals surface area (Å²) in [5.41, 5.74) is 1.50. The Morgan fingerprint density at radius 2 is 1.31 bits per heavy atom. The molecule has 9 heteroatoms. The van der Waals surface area contributed by atoms with Gasteiger partial charge in [0.05, 0.1) is 4.90 Å². The summed E-state index contributed by atoms with van der Waals surface area (Å²) >= 11 is 0. The molecule has 0 spiro atoms. The van der Waals surface area contributed by atoms with Gasteiger partial charge in [-0.1, -0.05) is 47.5 Å². The van der Waals surface area contributed by atoms with E-state index in [0.717, 1.165) is 17.2 Å². The molecule has 1 N–H and O–H groups in total. The Bertz CT molecular complexity index is 1380. The number of sulfonamides is 1. The lowest BCUT2D eigenvalue weighted by Gasteiger charge is -2.14. The Balaban J connectivity index is 1.91. The average Bonchev–Trinajstić information content (AvgIpc) is 2.89. The van der Waals surface area contributed by atoms with Crippen LogP contribution in [-0.2, 0) is 20.1 Å². The highest BCUT2D eigenvalue weighted by Gasteiger charge is 2.21. The van der Waals surface area contributed by atoms with Gasteiger partial charge < -0.3 is 4.18 Å². The van der Waals surface area contributed by atoms with E-state index in [4.69, 9.17) is 4.18 Å². The summed E-state index contributed by atoms with van der Waals surface area (Å²) in [6.07, 6.45) is 0. The number of hydrogen-bond acceptors (Lipinski definition) is 6. The lowest BCUT2D eigenvalue weighted by Crippen LogP contribution is -2.26. The van der Waals surface area contributed by atoms with Gasteiger partial charge in [-0.05, 0) is 62.7 Å². The van der Waals surface area contributed by atoms with E-state index in [-0.39, 0.29) is 9.79 Å². The number of nitrogens with one attached hydrogen (secondary N) is 1. The van der Waals surface area contributed by atoms with E-state index in [9.17, 15) is 21.6 Å². The first-order valence-electron chi connectivity index (χ1n) is 9.72. The molecule has 3 rings (SSSR count). The molecule has 0 bridgehead atoms.